The highest BCUT2D eigenvalue weighted by molar-refractivity contribution is 5.76. The van der Waals surface area contributed by atoms with Crippen LogP contribution in [0.25, 0.3) is 0 Å². The highest BCUT2D eigenvalue weighted by atomic mass is 16.5. The Morgan fingerprint density at radius 2 is 2.25 bits per heavy atom. The van der Waals surface area contributed by atoms with E-state index in [0.717, 1.165) is 25.8 Å². The van der Waals surface area contributed by atoms with Crippen LogP contribution in [-0.4, -0.2) is 50.5 Å². The van der Waals surface area contributed by atoms with Crippen LogP contribution in [0.1, 0.15) is 43.3 Å². The van der Waals surface area contributed by atoms with Gasteiger partial charge in [0, 0.05) is 38.4 Å². The molecule has 0 aliphatic carbocycles. The van der Waals surface area contributed by atoms with Crippen LogP contribution in [0.5, 0.6) is 0 Å². The number of likely N-dealkylation sites (tertiary alicyclic amines) is 1. The highest BCUT2D eigenvalue weighted by Gasteiger charge is 2.27. The minimum atomic E-state index is 0.153. The normalized spacial score (nSPS) is 17.7. The number of carbonyl (C=O) groups excluding carboxylic acids is 1. The van der Waals surface area contributed by atoms with E-state index in [0.29, 0.717) is 37.2 Å². The van der Waals surface area contributed by atoms with E-state index in [9.17, 15) is 4.79 Å². The summed E-state index contributed by atoms with van der Waals surface area (Å²) in [6.07, 6.45) is 6.58. The van der Waals surface area contributed by atoms with Crippen molar-refractivity contribution in [2.75, 3.05) is 25.0 Å². The molecular formula is C16H22N6O2. The Labute approximate surface area is 140 Å². The van der Waals surface area contributed by atoms with Gasteiger partial charge in [-0.3, -0.25) is 4.79 Å². The van der Waals surface area contributed by atoms with Crippen molar-refractivity contribution in [2.24, 2.45) is 0 Å². The van der Waals surface area contributed by atoms with Crippen molar-refractivity contribution in [1.82, 2.24) is 25.0 Å². The van der Waals surface area contributed by atoms with Crippen molar-refractivity contribution in [3.63, 3.8) is 0 Å². The average Bonchev–Trinajstić information content (AvgIpc) is 3.06. The molecule has 1 atom stereocenters. The lowest BCUT2D eigenvalue weighted by Gasteiger charge is -2.31. The fourth-order valence-corrected chi connectivity index (χ4v) is 2.87. The van der Waals surface area contributed by atoms with Crippen LogP contribution in [0.3, 0.4) is 0 Å². The number of hydrogen-bond donors (Lipinski definition) is 1. The molecule has 8 heteroatoms. The topological polar surface area (TPSA) is 97.0 Å². The Hall–Kier alpha value is -2.51. The Morgan fingerprint density at radius 3 is 3.00 bits per heavy atom. The van der Waals surface area contributed by atoms with Gasteiger partial charge in [0.1, 0.15) is 0 Å². The van der Waals surface area contributed by atoms with Crippen molar-refractivity contribution < 1.29 is 9.32 Å². The molecule has 0 radical (unpaired) electrons. The summed E-state index contributed by atoms with van der Waals surface area (Å²) in [4.78, 5) is 26.8. The molecule has 3 rings (SSSR count). The van der Waals surface area contributed by atoms with Crippen LogP contribution in [-0.2, 0) is 4.79 Å². The summed E-state index contributed by atoms with van der Waals surface area (Å²) in [6.45, 7) is 3.95. The molecule has 1 aliphatic rings. The highest BCUT2D eigenvalue weighted by Crippen LogP contribution is 2.26. The van der Waals surface area contributed by atoms with E-state index >= 15 is 0 Å². The Balaban J connectivity index is 1.43. The van der Waals surface area contributed by atoms with Crippen LogP contribution < -0.4 is 5.32 Å². The minimum Gasteiger partial charge on any atom is -0.354 e. The van der Waals surface area contributed by atoms with Gasteiger partial charge in [-0.2, -0.15) is 4.98 Å². The summed E-state index contributed by atoms with van der Waals surface area (Å²) in [5.74, 6) is 2.21. The molecule has 3 heterocycles. The zero-order valence-corrected chi connectivity index (χ0v) is 13.8. The largest absolute Gasteiger partial charge is 0.354 e. The maximum absolute atomic E-state index is 12.4. The van der Waals surface area contributed by atoms with Crippen LogP contribution in [0.4, 0.5) is 5.95 Å². The number of hydrogen-bond acceptors (Lipinski definition) is 7. The second-order valence-electron chi connectivity index (χ2n) is 5.96. The second kappa shape index (κ2) is 7.85. The number of carbonyl (C=O) groups is 1. The first-order valence-corrected chi connectivity index (χ1v) is 8.31. The van der Waals surface area contributed by atoms with Gasteiger partial charge in [-0.05, 0) is 32.3 Å². The van der Waals surface area contributed by atoms with Gasteiger partial charge in [0.15, 0.2) is 5.82 Å². The van der Waals surface area contributed by atoms with Crippen molar-refractivity contribution in [2.45, 2.75) is 38.5 Å². The Morgan fingerprint density at radius 1 is 1.42 bits per heavy atom. The van der Waals surface area contributed by atoms with Gasteiger partial charge in [0.25, 0.3) is 0 Å². The number of aromatic nitrogens is 4. The molecule has 1 amide bonds. The molecule has 1 N–H and O–H groups in total. The van der Waals surface area contributed by atoms with Gasteiger partial charge < -0.3 is 14.7 Å². The predicted octanol–water partition coefficient (Wildman–Crippen LogP) is 1.77. The maximum atomic E-state index is 12.4. The van der Waals surface area contributed by atoms with E-state index < -0.39 is 0 Å². The smallest absolute Gasteiger partial charge is 0.231 e. The molecule has 0 saturated carbocycles. The van der Waals surface area contributed by atoms with Gasteiger partial charge in [-0.25, -0.2) is 9.97 Å². The summed E-state index contributed by atoms with van der Waals surface area (Å²) in [6, 6.07) is 1.77. The third-order valence-corrected chi connectivity index (χ3v) is 4.08. The Bertz CT molecular complexity index is 660. The minimum absolute atomic E-state index is 0.153. The fraction of sp³-hybridized carbons (Fsp3) is 0.562. The SMILES string of the molecule is Cc1noc([C@H]2CCCN(C(=O)CCCNc3ncccn3)C2)n1. The number of rotatable bonds is 6. The summed E-state index contributed by atoms with van der Waals surface area (Å²) >= 11 is 0. The van der Waals surface area contributed by atoms with E-state index in [2.05, 4.69) is 25.4 Å². The molecule has 2 aromatic rings. The number of nitrogens with zero attached hydrogens (tertiary/aromatic N) is 5. The first-order chi connectivity index (χ1) is 11.7. The molecular weight excluding hydrogens is 308 g/mol. The summed E-state index contributed by atoms with van der Waals surface area (Å²) in [5, 5.41) is 6.96. The van der Waals surface area contributed by atoms with Gasteiger partial charge in [-0.15, -0.1) is 0 Å². The van der Waals surface area contributed by atoms with Gasteiger partial charge >= 0.3 is 0 Å². The molecule has 1 fully saturated rings. The zero-order valence-electron chi connectivity index (χ0n) is 13.8. The molecule has 1 saturated heterocycles. The van der Waals surface area contributed by atoms with Crippen molar-refractivity contribution in [3.05, 3.63) is 30.2 Å². The van der Waals surface area contributed by atoms with Crippen molar-refractivity contribution in [3.8, 4) is 0 Å². The number of aryl methyl sites for hydroxylation is 1. The van der Waals surface area contributed by atoms with Crippen LogP contribution in [0, 0.1) is 6.92 Å². The predicted molar refractivity (Wildman–Crippen MR) is 87.3 cm³/mol. The fourth-order valence-electron chi connectivity index (χ4n) is 2.87. The molecule has 1 aliphatic heterocycles. The molecule has 0 unspecified atom stereocenters. The number of anilines is 1. The van der Waals surface area contributed by atoms with Crippen LogP contribution in [0.2, 0.25) is 0 Å². The van der Waals surface area contributed by atoms with Gasteiger partial charge in [-0.1, -0.05) is 5.16 Å². The standard InChI is InChI=1S/C16H22N6O2/c1-12-20-15(24-21-12)13-5-3-10-22(11-13)14(23)6-2-7-17-16-18-8-4-9-19-16/h4,8-9,13H,2-3,5-7,10-11H2,1H3,(H,17,18,19)/t13-/m0/s1. The van der Waals surface area contributed by atoms with E-state index in [-0.39, 0.29) is 11.8 Å². The van der Waals surface area contributed by atoms with Crippen LogP contribution in [0.15, 0.2) is 23.0 Å². The first-order valence-electron chi connectivity index (χ1n) is 8.31. The van der Waals surface area contributed by atoms with E-state index in [1.165, 1.54) is 0 Å². The third-order valence-electron chi connectivity index (χ3n) is 4.08. The molecule has 128 valence electrons. The monoisotopic (exact) mass is 330 g/mol. The molecule has 0 bridgehead atoms. The van der Waals surface area contributed by atoms with Crippen molar-refractivity contribution >= 4 is 11.9 Å². The van der Waals surface area contributed by atoms with E-state index in [1.807, 2.05) is 11.8 Å². The molecule has 0 spiro atoms. The number of piperidine rings is 1. The first kappa shape index (κ1) is 16.4. The van der Waals surface area contributed by atoms with E-state index in [1.54, 1.807) is 18.5 Å². The summed E-state index contributed by atoms with van der Waals surface area (Å²) in [7, 11) is 0. The summed E-state index contributed by atoms with van der Waals surface area (Å²) in [5.41, 5.74) is 0. The lowest BCUT2D eigenvalue weighted by atomic mass is 9.97. The molecule has 0 aromatic carbocycles. The molecule has 24 heavy (non-hydrogen) atoms. The third kappa shape index (κ3) is 4.27. The molecule has 2 aromatic heterocycles. The van der Waals surface area contributed by atoms with Gasteiger partial charge in [0.05, 0.1) is 5.92 Å². The quantitative estimate of drug-likeness (QED) is 0.806. The van der Waals surface area contributed by atoms with Gasteiger partial charge in [0.2, 0.25) is 17.7 Å². The van der Waals surface area contributed by atoms with Crippen molar-refractivity contribution in [1.29, 1.82) is 0 Å². The second-order valence-corrected chi connectivity index (χ2v) is 5.96. The Kier molecular flexibility index (Phi) is 5.35. The number of nitrogens with one attached hydrogen (secondary N) is 1. The summed E-state index contributed by atoms with van der Waals surface area (Å²) < 4.78 is 5.26. The van der Waals surface area contributed by atoms with E-state index in [4.69, 9.17) is 4.52 Å². The maximum Gasteiger partial charge on any atom is 0.231 e. The number of amides is 1. The zero-order chi connectivity index (χ0) is 16.8. The molecule has 8 nitrogen and oxygen atoms in total. The average molecular weight is 330 g/mol. The lowest BCUT2D eigenvalue weighted by Crippen LogP contribution is -2.39. The van der Waals surface area contributed by atoms with Crippen LogP contribution >= 0.6 is 0 Å². The lowest BCUT2D eigenvalue weighted by molar-refractivity contribution is -0.132.